The van der Waals surface area contributed by atoms with E-state index in [0.29, 0.717) is 5.56 Å². The summed E-state index contributed by atoms with van der Waals surface area (Å²) in [6, 6.07) is 8.94. The van der Waals surface area contributed by atoms with Gasteiger partial charge in [-0.2, -0.15) is 0 Å². The smallest absolute Gasteiger partial charge is 0.253 e. The fourth-order valence-corrected chi connectivity index (χ4v) is 0.993. The van der Waals surface area contributed by atoms with Gasteiger partial charge in [0.1, 0.15) is 0 Å². The standard InChI is InChI=1S/C12H17NO3/c1-12(2,3)16-15-9-13-11(14)10-7-5-4-6-8-10/h4-8H,9H2,1-3H3,(H,13,14). The molecule has 0 spiro atoms. The molecule has 0 unspecified atom stereocenters. The largest absolute Gasteiger partial charge is 0.326 e. The van der Waals surface area contributed by atoms with E-state index in [2.05, 4.69) is 5.32 Å². The molecule has 0 aliphatic rings. The highest BCUT2D eigenvalue weighted by molar-refractivity contribution is 5.93. The molecule has 1 amide bonds. The Morgan fingerprint density at radius 1 is 1.25 bits per heavy atom. The molecule has 1 rings (SSSR count). The number of benzene rings is 1. The summed E-state index contributed by atoms with van der Waals surface area (Å²) in [6.07, 6.45) is 0. The van der Waals surface area contributed by atoms with E-state index in [1.54, 1.807) is 24.3 Å². The van der Waals surface area contributed by atoms with Gasteiger partial charge in [-0.3, -0.25) is 4.79 Å². The van der Waals surface area contributed by atoms with Crippen molar-refractivity contribution in [3.8, 4) is 0 Å². The molecular formula is C12H17NO3. The van der Waals surface area contributed by atoms with Crippen molar-refractivity contribution in [2.24, 2.45) is 0 Å². The molecule has 0 aliphatic heterocycles. The van der Waals surface area contributed by atoms with Crippen molar-refractivity contribution in [2.45, 2.75) is 26.4 Å². The van der Waals surface area contributed by atoms with Crippen LogP contribution >= 0.6 is 0 Å². The minimum absolute atomic E-state index is 0.0327. The maximum Gasteiger partial charge on any atom is 0.253 e. The quantitative estimate of drug-likeness (QED) is 0.368. The number of amides is 1. The summed E-state index contributed by atoms with van der Waals surface area (Å²) < 4.78 is 0. The molecule has 1 N–H and O–H groups in total. The van der Waals surface area contributed by atoms with E-state index in [0.717, 1.165) is 0 Å². The van der Waals surface area contributed by atoms with Crippen molar-refractivity contribution in [1.29, 1.82) is 0 Å². The lowest BCUT2D eigenvalue weighted by Gasteiger charge is -2.17. The van der Waals surface area contributed by atoms with Crippen LogP contribution in [0.3, 0.4) is 0 Å². The first-order valence-electron chi connectivity index (χ1n) is 5.13. The molecule has 4 heteroatoms. The van der Waals surface area contributed by atoms with E-state index in [1.807, 2.05) is 26.8 Å². The third-order valence-corrected chi connectivity index (χ3v) is 1.64. The first-order chi connectivity index (χ1) is 7.49. The van der Waals surface area contributed by atoms with Crippen molar-refractivity contribution in [2.75, 3.05) is 6.73 Å². The maximum atomic E-state index is 11.5. The Labute approximate surface area is 95.5 Å². The van der Waals surface area contributed by atoms with Crippen LogP contribution in [0, 0.1) is 0 Å². The number of carbonyl (C=O) groups is 1. The Morgan fingerprint density at radius 2 is 1.88 bits per heavy atom. The molecule has 1 aromatic rings. The first kappa shape index (κ1) is 12.7. The van der Waals surface area contributed by atoms with Crippen LogP contribution in [-0.4, -0.2) is 18.2 Å². The highest BCUT2D eigenvalue weighted by Gasteiger charge is 2.11. The molecule has 0 fully saturated rings. The summed E-state index contributed by atoms with van der Waals surface area (Å²) in [7, 11) is 0. The Balaban J connectivity index is 2.27. The molecule has 0 saturated heterocycles. The molecule has 0 saturated carbocycles. The lowest BCUT2D eigenvalue weighted by atomic mass is 10.2. The summed E-state index contributed by atoms with van der Waals surface area (Å²) in [5.74, 6) is -0.182. The van der Waals surface area contributed by atoms with Gasteiger partial charge in [-0.1, -0.05) is 18.2 Å². The van der Waals surface area contributed by atoms with Crippen LogP contribution in [0.2, 0.25) is 0 Å². The summed E-state index contributed by atoms with van der Waals surface area (Å²) in [5, 5.41) is 2.59. The van der Waals surface area contributed by atoms with Gasteiger partial charge < -0.3 is 5.32 Å². The second-order valence-electron chi connectivity index (χ2n) is 4.33. The Morgan fingerprint density at radius 3 is 2.44 bits per heavy atom. The van der Waals surface area contributed by atoms with Crippen molar-refractivity contribution in [3.05, 3.63) is 35.9 Å². The molecule has 0 aliphatic carbocycles. The van der Waals surface area contributed by atoms with E-state index in [9.17, 15) is 4.79 Å². The third kappa shape index (κ3) is 4.91. The molecule has 0 aromatic heterocycles. The van der Waals surface area contributed by atoms with Crippen LogP contribution in [0.4, 0.5) is 0 Å². The zero-order chi connectivity index (χ0) is 12.0. The molecule has 0 bridgehead atoms. The van der Waals surface area contributed by atoms with Crippen LogP contribution in [-0.2, 0) is 9.78 Å². The summed E-state index contributed by atoms with van der Waals surface area (Å²) in [5.41, 5.74) is 0.221. The fourth-order valence-electron chi connectivity index (χ4n) is 0.993. The highest BCUT2D eigenvalue weighted by atomic mass is 17.2. The van der Waals surface area contributed by atoms with Gasteiger partial charge in [0.15, 0.2) is 6.73 Å². The van der Waals surface area contributed by atoms with Gasteiger partial charge in [0.25, 0.3) is 5.91 Å². The molecule has 0 radical (unpaired) electrons. The SMILES string of the molecule is CC(C)(C)OOCNC(=O)c1ccccc1. The molecular weight excluding hydrogens is 206 g/mol. The van der Waals surface area contributed by atoms with E-state index in [-0.39, 0.29) is 18.2 Å². The van der Waals surface area contributed by atoms with E-state index in [4.69, 9.17) is 9.78 Å². The number of rotatable bonds is 4. The summed E-state index contributed by atoms with van der Waals surface area (Å²) in [4.78, 5) is 21.4. The van der Waals surface area contributed by atoms with Crippen LogP contribution in [0.5, 0.6) is 0 Å². The van der Waals surface area contributed by atoms with Gasteiger partial charge >= 0.3 is 0 Å². The van der Waals surface area contributed by atoms with Gasteiger partial charge in [0, 0.05) is 5.56 Å². The van der Waals surface area contributed by atoms with Gasteiger partial charge in [-0.15, -0.1) is 0 Å². The van der Waals surface area contributed by atoms with E-state index >= 15 is 0 Å². The average Bonchev–Trinajstić information content (AvgIpc) is 2.24. The minimum atomic E-state index is -0.378. The Bertz CT molecular complexity index is 330. The first-order valence-corrected chi connectivity index (χ1v) is 5.13. The van der Waals surface area contributed by atoms with Gasteiger partial charge in [0.05, 0.1) is 5.60 Å². The maximum absolute atomic E-state index is 11.5. The van der Waals surface area contributed by atoms with Crippen LogP contribution in [0.1, 0.15) is 31.1 Å². The second-order valence-corrected chi connectivity index (χ2v) is 4.33. The number of nitrogens with one attached hydrogen (secondary N) is 1. The fraction of sp³-hybridized carbons (Fsp3) is 0.417. The number of hydrogen-bond acceptors (Lipinski definition) is 3. The predicted molar refractivity (Wildman–Crippen MR) is 60.7 cm³/mol. The number of carbonyl (C=O) groups excluding carboxylic acids is 1. The zero-order valence-electron chi connectivity index (χ0n) is 9.82. The van der Waals surface area contributed by atoms with Crippen molar-refractivity contribution < 1.29 is 14.6 Å². The molecule has 4 nitrogen and oxygen atoms in total. The van der Waals surface area contributed by atoms with E-state index < -0.39 is 0 Å². The zero-order valence-corrected chi connectivity index (χ0v) is 9.82. The Kier molecular flexibility index (Phi) is 4.46. The number of hydrogen-bond donors (Lipinski definition) is 1. The van der Waals surface area contributed by atoms with Crippen molar-refractivity contribution in [1.82, 2.24) is 5.32 Å². The summed E-state index contributed by atoms with van der Waals surface area (Å²) in [6.45, 7) is 5.63. The van der Waals surface area contributed by atoms with E-state index in [1.165, 1.54) is 0 Å². The molecule has 0 atom stereocenters. The van der Waals surface area contributed by atoms with Crippen LogP contribution in [0.25, 0.3) is 0 Å². The minimum Gasteiger partial charge on any atom is -0.326 e. The van der Waals surface area contributed by atoms with Gasteiger partial charge in [0.2, 0.25) is 0 Å². The molecule has 1 aromatic carbocycles. The normalized spacial score (nSPS) is 11.2. The summed E-state index contributed by atoms with van der Waals surface area (Å²) >= 11 is 0. The topological polar surface area (TPSA) is 47.6 Å². The van der Waals surface area contributed by atoms with Crippen LogP contribution < -0.4 is 5.32 Å². The molecule has 0 heterocycles. The van der Waals surface area contributed by atoms with Gasteiger partial charge in [-0.05, 0) is 32.9 Å². The molecule has 16 heavy (non-hydrogen) atoms. The lowest BCUT2D eigenvalue weighted by molar-refractivity contribution is -0.350. The Hall–Kier alpha value is -1.39. The molecule has 88 valence electrons. The van der Waals surface area contributed by atoms with Crippen molar-refractivity contribution in [3.63, 3.8) is 0 Å². The highest BCUT2D eigenvalue weighted by Crippen LogP contribution is 2.06. The lowest BCUT2D eigenvalue weighted by Crippen LogP contribution is -2.29. The third-order valence-electron chi connectivity index (χ3n) is 1.64. The van der Waals surface area contributed by atoms with Gasteiger partial charge in [-0.25, -0.2) is 9.78 Å². The average molecular weight is 223 g/mol. The van der Waals surface area contributed by atoms with Crippen LogP contribution in [0.15, 0.2) is 30.3 Å². The predicted octanol–water partition coefficient (Wildman–Crippen LogP) is 2.12. The second kappa shape index (κ2) is 5.63. The monoisotopic (exact) mass is 223 g/mol. The van der Waals surface area contributed by atoms with Crippen molar-refractivity contribution >= 4 is 5.91 Å².